The summed E-state index contributed by atoms with van der Waals surface area (Å²) in [5.41, 5.74) is 7.29. The maximum atomic E-state index is 12.2. The molecule has 0 aliphatic heterocycles. The van der Waals surface area contributed by atoms with Gasteiger partial charge in [-0.1, -0.05) is 25.1 Å². The van der Waals surface area contributed by atoms with E-state index < -0.39 is 0 Å². The highest BCUT2D eigenvalue weighted by atomic mass is 32.1. The van der Waals surface area contributed by atoms with E-state index in [0.29, 0.717) is 13.0 Å². The van der Waals surface area contributed by atoms with Gasteiger partial charge in [-0.2, -0.15) is 11.3 Å². The minimum absolute atomic E-state index is 0.0116. The van der Waals surface area contributed by atoms with Gasteiger partial charge in [-0.05, 0) is 46.9 Å². The molecular formula is C19H22N2O2S. The van der Waals surface area contributed by atoms with E-state index in [1.807, 2.05) is 13.1 Å². The molecule has 5 heteroatoms. The van der Waals surface area contributed by atoms with Crippen molar-refractivity contribution in [1.29, 1.82) is 0 Å². The number of para-hydroxylation sites is 1. The fourth-order valence-corrected chi connectivity index (χ4v) is 3.80. The number of H-pyrrole nitrogens is 1. The molecular weight excluding hydrogens is 320 g/mol. The van der Waals surface area contributed by atoms with Gasteiger partial charge in [0.25, 0.3) is 0 Å². The fraction of sp³-hybridized carbons (Fsp3) is 0.316. The molecule has 1 atom stereocenters. The molecule has 126 valence electrons. The lowest BCUT2D eigenvalue weighted by molar-refractivity contribution is -0.133. The minimum Gasteiger partial charge on any atom is -0.361 e. The maximum Gasteiger partial charge on any atom is 0.244 e. The number of aromatic nitrogens is 1. The van der Waals surface area contributed by atoms with Crippen molar-refractivity contribution in [3.8, 4) is 0 Å². The van der Waals surface area contributed by atoms with Crippen LogP contribution in [0.5, 0.6) is 0 Å². The first kappa shape index (κ1) is 16.7. The summed E-state index contributed by atoms with van der Waals surface area (Å²) in [6, 6.07) is 8.44. The molecule has 1 unspecified atom stereocenters. The maximum absolute atomic E-state index is 12.2. The number of carbonyl (C=O) groups excluding carboxylic acids is 1. The van der Waals surface area contributed by atoms with Crippen LogP contribution < -0.4 is 5.48 Å². The molecule has 3 rings (SSSR count). The Hall–Kier alpha value is -2.11. The van der Waals surface area contributed by atoms with Crippen molar-refractivity contribution in [2.24, 2.45) is 0 Å². The van der Waals surface area contributed by atoms with Gasteiger partial charge >= 0.3 is 0 Å². The smallest absolute Gasteiger partial charge is 0.244 e. The lowest BCUT2D eigenvalue weighted by Gasteiger charge is -2.15. The summed E-state index contributed by atoms with van der Waals surface area (Å²) in [6.07, 6.45) is 3.38. The number of aryl methyl sites for hydroxylation is 1. The van der Waals surface area contributed by atoms with Crippen LogP contribution >= 0.6 is 11.3 Å². The van der Waals surface area contributed by atoms with Gasteiger partial charge in [0.05, 0.1) is 6.61 Å². The number of aromatic amines is 1. The average Bonchev–Trinajstić information content (AvgIpc) is 3.27. The molecule has 0 aliphatic carbocycles. The van der Waals surface area contributed by atoms with Gasteiger partial charge in [0.1, 0.15) is 0 Å². The van der Waals surface area contributed by atoms with E-state index in [4.69, 9.17) is 4.84 Å². The summed E-state index contributed by atoms with van der Waals surface area (Å²) in [6.45, 7) is 4.46. The zero-order valence-corrected chi connectivity index (χ0v) is 14.8. The molecule has 4 nitrogen and oxygen atoms in total. The molecule has 2 heterocycles. The first-order chi connectivity index (χ1) is 11.7. The molecule has 1 aromatic carbocycles. The summed E-state index contributed by atoms with van der Waals surface area (Å²) in [4.78, 5) is 20.7. The van der Waals surface area contributed by atoms with Crippen LogP contribution in [0.3, 0.4) is 0 Å². The molecule has 3 aromatic rings. The predicted octanol–water partition coefficient (Wildman–Crippen LogP) is 4.38. The van der Waals surface area contributed by atoms with Crippen molar-refractivity contribution < 1.29 is 9.63 Å². The SMILES string of the molecule is CCONC(=O)CC(c1ccsc1)c1c[nH]c2c(CC)cccc12. The molecule has 0 bridgehead atoms. The van der Waals surface area contributed by atoms with Crippen LogP contribution in [-0.2, 0) is 16.1 Å². The van der Waals surface area contributed by atoms with Gasteiger partial charge in [0.2, 0.25) is 5.91 Å². The number of fused-ring (bicyclic) bond motifs is 1. The minimum atomic E-state index is -0.103. The highest BCUT2D eigenvalue weighted by Crippen LogP contribution is 2.35. The average molecular weight is 342 g/mol. The molecule has 2 N–H and O–H groups in total. The monoisotopic (exact) mass is 342 g/mol. The molecule has 0 saturated heterocycles. The van der Waals surface area contributed by atoms with E-state index >= 15 is 0 Å². The van der Waals surface area contributed by atoms with Crippen molar-refractivity contribution in [1.82, 2.24) is 10.5 Å². The van der Waals surface area contributed by atoms with Crippen LogP contribution in [0.4, 0.5) is 0 Å². The summed E-state index contributed by atoms with van der Waals surface area (Å²) in [5.74, 6) is -0.0911. The fourth-order valence-electron chi connectivity index (χ4n) is 3.08. The van der Waals surface area contributed by atoms with Crippen LogP contribution in [0.1, 0.15) is 42.9 Å². The van der Waals surface area contributed by atoms with Gasteiger partial charge in [0, 0.05) is 29.4 Å². The summed E-state index contributed by atoms with van der Waals surface area (Å²) in [7, 11) is 0. The number of hydrogen-bond acceptors (Lipinski definition) is 3. The largest absolute Gasteiger partial charge is 0.361 e. The van der Waals surface area contributed by atoms with Gasteiger partial charge in [0.15, 0.2) is 0 Å². The highest BCUT2D eigenvalue weighted by molar-refractivity contribution is 7.08. The molecule has 0 spiro atoms. The number of rotatable bonds is 7. The van der Waals surface area contributed by atoms with Crippen LogP contribution in [0.2, 0.25) is 0 Å². The van der Waals surface area contributed by atoms with E-state index in [-0.39, 0.29) is 11.8 Å². The number of nitrogens with one attached hydrogen (secondary N) is 2. The Bertz CT molecular complexity index is 808. The Kier molecular flexibility index (Phi) is 5.33. The zero-order valence-electron chi connectivity index (χ0n) is 14.0. The third-order valence-electron chi connectivity index (χ3n) is 4.26. The number of carbonyl (C=O) groups is 1. The topological polar surface area (TPSA) is 54.1 Å². The molecule has 1 amide bonds. The van der Waals surface area contributed by atoms with Crippen molar-refractivity contribution >= 4 is 28.1 Å². The second-order valence-corrected chi connectivity index (χ2v) is 6.49. The normalized spacial score (nSPS) is 12.4. The van der Waals surface area contributed by atoms with Gasteiger partial charge in [-0.3, -0.25) is 9.63 Å². The lowest BCUT2D eigenvalue weighted by Crippen LogP contribution is -2.25. The Balaban J connectivity index is 1.98. The number of amides is 1. The van der Waals surface area contributed by atoms with Crippen LogP contribution in [-0.4, -0.2) is 17.5 Å². The summed E-state index contributed by atoms with van der Waals surface area (Å²) < 4.78 is 0. The first-order valence-electron chi connectivity index (χ1n) is 8.26. The van der Waals surface area contributed by atoms with Crippen LogP contribution in [0.25, 0.3) is 10.9 Å². The van der Waals surface area contributed by atoms with Crippen molar-refractivity contribution in [2.75, 3.05) is 6.61 Å². The van der Waals surface area contributed by atoms with E-state index in [1.165, 1.54) is 16.5 Å². The Morgan fingerprint density at radius 1 is 1.33 bits per heavy atom. The second kappa shape index (κ2) is 7.64. The van der Waals surface area contributed by atoms with Crippen molar-refractivity contribution in [3.05, 3.63) is 57.9 Å². The van der Waals surface area contributed by atoms with Gasteiger partial charge in [-0.15, -0.1) is 0 Å². The molecule has 0 aliphatic rings. The van der Waals surface area contributed by atoms with E-state index in [0.717, 1.165) is 17.5 Å². The number of hydrogen-bond donors (Lipinski definition) is 2. The van der Waals surface area contributed by atoms with Crippen molar-refractivity contribution in [2.45, 2.75) is 32.6 Å². The molecule has 2 aromatic heterocycles. The summed E-state index contributed by atoms with van der Waals surface area (Å²) in [5, 5.41) is 5.35. The van der Waals surface area contributed by atoms with E-state index in [2.05, 4.69) is 52.4 Å². The van der Waals surface area contributed by atoms with Crippen LogP contribution in [0.15, 0.2) is 41.2 Å². The number of benzene rings is 1. The predicted molar refractivity (Wildman–Crippen MR) is 98.2 cm³/mol. The standard InChI is InChI=1S/C19H22N2O2S/c1-3-13-6-5-7-15-17(11-20-19(13)15)16(14-8-9-24-12-14)10-18(22)21-23-4-2/h5-9,11-12,16,20H,3-4,10H2,1-2H3,(H,21,22). The Morgan fingerprint density at radius 2 is 2.21 bits per heavy atom. The quantitative estimate of drug-likeness (QED) is 0.626. The second-order valence-electron chi connectivity index (χ2n) is 5.71. The number of hydroxylamine groups is 1. The molecule has 24 heavy (non-hydrogen) atoms. The summed E-state index contributed by atoms with van der Waals surface area (Å²) >= 11 is 1.65. The first-order valence-corrected chi connectivity index (χ1v) is 9.20. The zero-order chi connectivity index (χ0) is 16.9. The molecule has 0 saturated carbocycles. The third-order valence-corrected chi connectivity index (χ3v) is 4.96. The lowest BCUT2D eigenvalue weighted by atomic mass is 9.89. The van der Waals surface area contributed by atoms with Crippen LogP contribution in [0, 0.1) is 0 Å². The third kappa shape index (κ3) is 3.37. The number of thiophene rings is 1. The Morgan fingerprint density at radius 3 is 2.92 bits per heavy atom. The Labute approximate surface area is 145 Å². The molecule has 0 radical (unpaired) electrons. The molecule has 0 fully saturated rings. The van der Waals surface area contributed by atoms with Gasteiger partial charge < -0.3 is 4.98 Å². The van der Waals surface area contributed by atoms with E-state index in [9.17, 15) is 4.79 Å². The highest BCUT2D eigenvalue weighted by Gasteiger charge is 2.22. The van der Waals surface area contributed by atoms with Crippen molar-refractivity contribution in [3.63, 3.8) is 0 Å². The van der Waals surface area contributed by atoms with Gasteiger partial charge in [-0.25, -0.2) is 5.48 Å². The van der Waals surface area contributed by atoms with E-state index in [1.54, 1.807) is 11.3 Å².